The minimum atomic E-state index is -0.876. The van der Waals surface area contributed by atoms with Crippen LogP contribution in [0.25, 0.3) is 0 Å². The molecule has 1 fully saturated rings. The lowest BCUT2D eigenvalue weighted by Gasteiger charge is -2.14. The minimum absolute atomic E-state index is 0.166. The molecule has 2 atom stereocenters. The van der Waals surface area contributed by atoms with E-state index in [4.69, 9.17) is 21.1 Å². The maximum atomic E-state index is 12.4. The predicted molar refractivity (Wildman–Crippen MR) is 85.5 cm³/mol. The Hall–Kier alpha value is -2.33. The van der Waals surface area contributed by atoms with Crippen LogP contribution in [0.4, 0.5) is 4.79 Å². The fraction of sp³-hybridized carbons (Fsp3) is 0.222. The number of carbonyl (C=O) groups is 2. The van der Waals surface area contributed by atoms with E-state index in [1.807, 2.05) is 42.5 Å². The molecule has 1 aliphatic heterocycles. The summed E-state index contributed by atoms with van der Waals surface area (Å²) >= 11 is 5.86. The first-order chi connectivity index (χ1) is 11.1. The highest BCUT2D eigenvalue weighted by molar-refractivity contribution is 6.30. The third-order valence-electron chi connectivity index (χ3n) is 3.70. The van der Waals surface area contributed by atoms with Gasteiger partial charge in [-0.15, -0.1) is 0 Å². The van der Waals surface area contributed by atoms with Crippen LogP contribution in [0.1, 0.15) is 11.1 Å². The quantitative estimate of drug-likeness (QED) is 0.786. The van der Waals surface area contributed by atoms with Gasteiger partial charge in [0.25, 0.3) is 0 Å². The molecule has 0 aromatic heterocycles. The summed E-state index contributed by atoms with van der Waals surface area (Å²) in [4.78, 5) is 23.9. The van der Waals surface area contributed by atoms with Crippen LogP contribution in [0, 0.1) is 0 Å². The lowest BCUT2D eigenvalue weighted by Crippen LogP contribution is -2.34. The van der Waals surface area contributed by atoms with Crippen molar-refractivity contribution in [3.05, 3.63) is 70.7 Å². The lowest BCUT2D eigenvalue weighted by atomic mass is 9.98. The summed E-state index contributed by atoms with van der Waals surface area (Å²) < 4.78 is 10.2. The number of cyclic esters (lactones) is 2. The summed E-state index contributed by atoms with van der Waals surface area (Å²) in [5.41, 5.74) is 1.81. The predicted octanol–water partition coefficient (Wildman–Crippen LogP) is 3.60. The van der Waals surface area contributed by atoms with Crippen molar-refractivity contribution in [2.75, 3.05) is 0 Å². The third-order valence-corrected chi connectivity index (χ3v) is 3.95. The van der Waals surface area contributed by atoms with Gasteiger partial charge < -0.3 is 9.47 Å². The van der Waals surface area contributed by atoms with E-state index in [1.165, 1.54) is 0 Å². The fourth-order valence-electron chi connectivity index (χ4n) is 2.56. The average molecular weight is 331 g/mol. The first-order valence-corrected chi connectivity index (χ1v) is 7.68. The number of ketones is 1. The van der Waals surface area contributed by atoms with Gasteiger partial charge in [-0.1, -0.05) is 54.1 Å². The molecule has 1 heterocycles. The van der Waals surface area contributed by atoms with Crippen LogP contribution in [-0.4, -0.2) is 24.1 Å². The van der Waals surface area contributed by atoms with E-state index in [0.717, 1.165) is 11.1 Å². The Kier molecular flexibility index (Phi) is 4.63. The molecular formula is C18H15ClO4. The van der Waals surface area contributed by atoms with Gasteiger partial charge in [-0.2, -0.15) is 0 Å². The minimum Gasteiger partial charge on any atom is -0.426 e. The number of halogens is 1. The van der Waals surface area contributed by atoms with Gasteiger partial charge in [0, 0.05) is 17.9 Å². The zero-order chi connectivity index (χ0) is 16.2. The summed E-state index contributed by atoms with van der Waals surface area (Å²) in [6.07, 6.45) is -1.67. The summed E-state index contributed by atoms with van der Waals surface area (Å²) in [7, 11) is 0. The van der Waals surface area contributed by atoms with Crippen molar-refractivity contribution in [1.82, 2.24) is 0 Å². The van der Waals surface area contributed by atoms with E-state index in [0.29, 0.717) is 11.4 Å². The van der Waals surface area contributed by atoms with Crippen LogP contribution >= 0.6 is 11.6 Å². The molecule has 0 radical (unpaired) electrons. The van der Waals surface area contributed by atoms with Gasteiger partial charge in [-0.25, -0.2) is 4.79 Å². The highest BCUT2D eigenvalue weighted by Gasteiger charge is 2.41. The molecule has 0 aliphatic carbocycles. The van der Waals surface area contributed by atoms with Gasteiger partial charge in [0.2, 0.25) is 6.10 Å². The second kappa shape index (κ2) is 6.84. The van der Waals surface area contributed by atoms with Crippen LogP contribution < -0.4 is 0 Å². The van der Waals surface area contributed by atoms with E-state index in [2.05, 4.69) is 0 Å². The monoisotopic (exact) mass is 330 g/mol. The van der Waals surface area contributed by atoms with E-state index in [-0.39, 0.29) is 12.2 Å². The molecule has 0 spiro atoms. The van der Waals surface area contributed by atoms with Crippen molar-refractivity contribution >= 4 is 23.5 Å². The van der Waals surface area contributed by atoms with E-state index in [9.17, 15) is 9.59 Å². The molecule has 3 rings (SSSR count). The number of Topliss-reactive ketones (excluding diaryl/α,β-unsaturated/α-hetero) is 1. The SMILES string of the molecule is O=C1O[C@H](Cc2ccc(Cl)cc2)[C@H](C(=O)Cc2ccccc2)O1. The van der Waals surface area contributed by atoms with Crippen LogP contribution in [0.15, 0.2) is 54.6 Å². The van der Waals surface area contributed by atoms with Crippen molar-refractivity contribution in [1.29, 1.82) is 0 Å². The van der Waals surface area contributed by atoms with E-state index in [1.54, 1.807) is 12.1 Å². The Morgan fingerprint density at radius 1 is 0.957 bits per heavy atom. The summed E-state index contributed by atoms with van der Waals surface area (Å²) in [6, 6.07) is 16.5. The van der Waals surface area contributed by atoms with Gasteiger partial charge in [-0.05, 0) is 23.3 Å². The third kappa shape index (κ3) is 3.90. The van der Waals surface area contributed by atoms with Crippen molar-refractivity contribution in [3.63, 3.8) is 0 Å². The summed E-state index contributed by atoms with van der Waals surface area (Å²) in [5, 5.41) is 0.630. The lowest BCUT2D eigenvalue weighted by molar-refractivity contribution is -0.126. The molecule has 1 saturated heterocycles. The second-order valence-electron chi connectivity index (χ2n) is 5.40. The molecular weight excluding hydrogens is 316 g/mol. The molecule has 0 N–H and O–H groups in total. The van der Waals surface area contributed by atoms with Gasteiger partial charge in [0.05, 0.1) is 0 Å². The highest BCUT2D eigenvalue weighted by atomic mass is 35.5. The van der Waals surface area contributed by atoms with Crippen molar-refractivity contribution in [2.24, 2.45) is 0 Å². The molecule has 0 bridgehead atoms. The standard InChI is InChI=1S/C18H15ClO4/c19-14-8-6-13(7-9-14)11-16-17(23-18(21)22-16)15(20)10-12-4-2-1-3-5-12/h1-9,16-17H,10-11H2/t16-,17+/m1/s1. The Balaban J connectivity index is 1.70. The normalized spacial score (nSPS) is 20.0. The second-order valence-corrected chi connectivity index (χ2v) is 5.84. The largest absolute Gasteiger partial charge is 0.509 e. The molecule has 23 heavy (non-hydrogen) atoms. The number of benzene rings is 2. The number of ether oxygens (including phenoxy) is 2. The Morgan fingerprint density at radius 3 is 2.35 bits per heavy atom. The van der Waals surface area contributed by atoms with Crippen LogP contribution in [0.3, 0.4) is 0 Å². The number of carbonyl (C=O) groups excluding carboxylic acids is 2. The molecule has 0 unspecified atom stereocenters. The summed E-state index contributed by atoms with van der Waals surface area (Å²) in [5.74, 6) is -0.166. The molecule has 5 heteroatoms. The van der Waals surface area contributed by atoms with E-state index >= 15 is 0 Å². The Morgan fingerprint density at radius 2 is 1.65 bits per heavy atom. The van der Waals surface area contributed by atoms with Crippen molar-refractivity contribution < 1.29 is 19.1 Å². The average Bonchev–Trinajstić information content (AvgIpc) is 2.91. The maximum Gasteiger partial charge on any atom is 0.509 e. The highest BCUT2D eigenvalue weighted by Crippen LogP contribution is 2.22. The van der Waals surface area contributed by atoms with Gasteiger partial charge in [-0.3, -0.25) is 4.79 Å². The molecule has 118 valence electrons. The first kappa shape index (κ1) is 15.6. The van der Waals surface area contributed by atoms with Crippen LogP contribution in [-0.2, 0) is 27.1 Å². The van der Waals surface area contributed by atoms with E-state index < -0.39 is 18.4 Å². The van der Waals surface area contributed by atoms with Gasteiger partial charge in [0.15, 0.2) is 11.9 Å². The fourth-order valence-corrected chi connectivity index (χ4v) is 2.69. The number of hydrogen-bond donors (Lipinski definition) is 0. The maximum absolute atomic E-state index is 12.4. The molecule has 0 amide bonds. The zero-order valence-corrected chi connectivity index (χ0v) is 13.0. The Labute approximate surface area is 139 Å². The van der Waals surface area contributed by atoms with Crippen LogP contribution in [0.2, 0.25) is 5.02 Å². The molecule has 0 saturated carbocycles. The smallest absolute Gasteiger partial charge is 0.426 e. The number of hydrogen-bond acceptors (Lipinski definition) is 4. The van der Waals surface area contributed by atoms with Gasteiger partial charge in [0.1, 0.15) is 0 Å². The van der Waals surface area contributed by atoms with Crippen LogP contribution in [0.5, 0.6) is 0 Å². The molecule has 1 aliphatic rings. The zero-order valence-electron chi connectivity index (χ0n) is 12.3. The first-order valence-electron chi connectivity index (χ1n) is 7.30. The molecule has 2 aromatic rings. The number of rotatable bonds is 5. The summed E-state index contributed by atoms with van der Waals surface area (Å²) in [6.45, 7) is 0. The molecule has 2 aromatic carbocycles. The molecule has 4 nitrogen and oxygen atoms in total. The Bertz CT molecular complexity index is 697. The topological polar surface area (TPSA) is 52.6 Å². The van der Waals surface area contributed by atoms with Gasteiger partial charge >= 0.3 is 6.16 Å². The van der Waals surface area contributed by atoms with Crippen molar-refractivity contribution in [2.45, 2.75) is 25.0 Å². The van der Waals surface area contributed by atoms with Crippen molar-refractivity contribution in [3.8, 4) is 0 Å².